The molecule has 1 aromatic heterocycles. The number of benzene rings is 1. The van der Waals surface area contributed by atoms with Crippen LogP contribution in [0.3, 0.4) is 0 Å². The molecule has 3 nitrogen and oxygen atoms in total. The van der Waals surface area contributed by atoms with Crippen molar-refractivity contribution in [3.8, 4) is 6.07 Å². The van der Waals surface area contributed by atoms with Crippen LogP contribution in [0.1, 0.15) is 22.4 Å². The summed E-state index contributed by atoms with van der Waals surface area (Å²) in [6, 6.07) is 11.1. The summed E-state index contributed by atoms with van der Waals surface area (Å²) in [5.74, 6) is 0.321. The van der Waals surface area contributed by atoms with E-state index in [1.54, 1.807) is 12.1 Å². The Balaban J connectivity index is 2.34. The third-order valence-electron chi connectivity index (χ3n) is 2.85. The maximum Gasteiger partial charge on any atom is 0.145 e. The second kappa shape index (κ2) is 6.17. The summed E-state index contributed by atoms with van der Waals surface area (Å²) in [5.41, 5.74) is 2.88. The Morgan fingerprint density at radius 2 is 1.95 bits per heavy atom. The van der Waals surface area contributed by atoms with E-state index in [4.69, 9.17) is 11.6 Å². The molecule has 0 amide bonds. The van der Waals surface area contributed by atoms with Gasteiger partial charge in [0.25, 0.3) is 0 Å². The Kier molecular flexibility index (Phi) is 4.53. The van der Waals surface area contributed by atoms with Gasteiger partial charge in [0.15, 0.2) is 0 Å². The Morgan fingerprint density at radius 1 is 1.30 bits per heavy atom. The minimum absolute atomic E-state index is 0.321. The maximum absolute atomic E-state index is 12.4. The molecule has 2 aromatic rings. The number of aryl methyl sites for hydroxylation is 2. The van der Waals surface area contributed by atoms with Gasteiger partial charge in [-0.15, -0.1) is 0 Å². The third kappa shape index (κ3) is 3.24. The second-order valence-electron chi connectivity index (χ2n) is 4.49. The molecule has 1 heterocycles. The van der Waals surface area contributed by atoms with Gasteiger partial charge in [-0.3, -0.25) is 4.21 Å². The van der Waals surface area contributed by atoms with Gasteiger partial charge in [0, 0.05) is 10.7 Å². The molecular formula is C15H13ClN2OS. The van der Waals surface area contributed by atoms with Gasteiger partial charge in [-0.25, -0.2) is 4.98 Å². The summed E-state index contributed by atoms with van der Waals surface area (Å²) < 4.78 is 12.4. The molecule has 0 N–H and O–H groups in total. The van der Waals surface area contributed by atoms with Gasteiger partial charge in [0.2, 0.25) is 0 Å². The van der Waals surface area contributed by atoms with E-state index in [2.05, 4.69) is 11.1 Å². The smallest absolute Gasteiger partial charge is 0.145 e. The molecule has 20 heavy (non-hydrogen) atoms. The number of nitrogens with zero attached hydrogens (tertiary/aromatic N) is 2. The van der Waals surface area contributed by atoms with Gasteiger partial charge in [0.1, 0.15) is 11.1 Å². The lowest BCUT2D eigenvalue weighted by Gasteiger charge is -2.07. The highest BCUT2D eigenvalue weighted by Crippen LogP contribution is 2.19. The van der Waals surface area contributed by atoms with Crippen molar-refractivity contribution >= 4 is 22.4 Å². The molecule has 0 radical (unpaired) electrons. The molecule has 0 saturated carbocycles. The van der Waals surface area contributed by atoms with Crippen LogP contribution < -0.4 is 0 Å². The molecular weight excluding hydrogens is 292 g/mol. The lowest BCUT2D eigenvalue weighted by molar-refractivity contribution is 0.679. The van der Waals surface area contributed by atoms with Crippen LogP contribution in [0, 0.1) is 25.2 Å². The molecule has 0 saturated heterocycles. The number of pyridine rings is 1. The fourth-order valence-corrected chi connectivity index (χ4v) is 3.34. The average molecular weight is 305 g/mol. The molecule has 0 aliphatic heterocycles. The molecule has 0 fully saturated rings. The Morgan fingerprint density at radius 3 is 2.55 bits per heavy atom. The molecule has 1 atom stereocenters. The van der Waals surface area contributed by atoms with Crippen LogP contribution in [0.25, 0.3) is 0 Å². The van der Waals surface area contributed by atoms with Crippen molar-refractivity contribution in [2.45, 2.75) is 24.6 Å². The van der Waals surface area contributed by atoms with Gasteiger partial charge in [-0.1, -0.05) is 23.7 Å². The molecule has 5 heteroatoms. The van der Waals surface area contributed by atoms with Crippen molar-refractivity contribution in [2.24, 2.45) is 0 Å². The lowest BCUT2D eigenvalue weighted by atomic mass is 10.1. The number of halogens is 1. The first-order valence-corrected chi connectivity index (χ1v) is 7.72. The van der Waals surface area contributed by atoms with E-state index in [0.717, 1.165) is 16.8 Å². The van der Waals surface area contributed by atoms with Crippen molar-refractivity contribution < 1.29 is 4.21 Å². The SMILES string of the molecule is Cc1cc(C)c(C#N)c([S@](=O)Cc2ccc(Cl)cc2)n1. The number of rotatable bonds is 3. The van der Waals surface area contributed by atoms with Crippen molar-refractivity contribution in [1.82, 2.24) is 4.98 Å². The maximum atomic E-state index is 12.4. The third-order valence-corrected chi connectivity index (χ3v) is 4.42. The summed E-state index contributed by atoms with van der Waals surface area (Å²) in [5, 5.41) is 10.2. The number of hydrogen-bond donors (Lipinski definition) is 0. The fourth-order valence-electron chi connectivity index (χ4n) is 1.90. The minimum atomic E-state index is -1.35. The van der Waals surface area contributed by atoms with E-state index >= 15 is 0 Å². The molecule has 102 valence electrons. The molecule has 2 rings (SSSR count). The zero-order valence-corrected chi connectivity index (χ0v) is 12.8. The first-order chi connectivity index (χ1) is 9.51. The molecule has 0 unspecified atom stereocenters. The highest BCUT2D eigenvalue weighted by molar-refractivity contribution is 7.84. The molecule has 0 aliphatic rings. The normalized spacial score (nSPS) is 11.9. The van der Waals surface area contributed by atoms with E-state index in [1.165, 1.54) is 0 Å². The van der Waals surface area contributed by atoms with E-state index in [0.29, 0.717) is 21.4 Å². The minimum Gasteiger partial charge on any atom is -0.252 e. The summed E-state index contributed by atoms with van der Waals surface area (Å²) >= 11 is 5.82. The quantitative estimate of drug-likeness (QED) is 0.871. The summed E-state index contributed by atoms with van der Waals surface area (Å²) in [6.07, 6.45) is 0. The topological polar surface area (TPSA) is 53.8 Å². The van der Waals surface area contributed by atoms with Crippen molar-refractivity contribution in [2.75, 3.05) is 0 Å². The molecule has 0 aliphatic carbocycles. The summed E-state index contributed by atoms with van der Waals surface area (Å²) in [7, 11) is -1.35. The van der Waals surface area contributed by atoms with E-state index in [-0.39, 0.29) is 0 Å². The Labute approximate surface area is 125 Å². The lowest BCUT2D eigenvalue weighted by Crippen LogP contribution is -2.05. The van der Waals surface area contributed by atoms with Crippen LogP contribution in [0.4, 0.5) is 0 Å². The van der Waals surface area contributed by atoms with Crippen LogP contribution in [0.5, 0.6) is 0 Å². The Bertz CT molecular complexity index is 705. The highest BCUT2D eigenvalue weighted by atomic mass is 35.5. The standard InChI is InChI=1S/C15H13ClN2OS/c1-10-7-11(2)18-15(14(10)8-17)20(19)9-12-3-5-13(16)6-4-12/h3-7H,9H2,1-2H3/t20-/m1/s1. The van der Waals surface area contributed by atoms with Crippen molar-refractivity contribution in [3.05, 3.63) is 57.7 Å². The van der Waals surface area contributed by atoms with Gasteiger partial charge >= 0.3 is 0 Å². The second-order valence-corrected chi connectivity index (χ2v) is 6.29. The van der Waals surface area contributed by atoms with Crippen molar-refractivity contribution in [3.63, 3.8) is 0 Å². The summed E-state index contributed by atoms with van der Waals surface area (Å²) in [6.45, 7) is 3.66. The molecule has 0 bridgehead atoms. The monoisotopic (exact) mass is 304 g/mol. The average Bonchev–Trinajstić information content (AvgIpc) is 2.40. The van der Waals surface area contributed by atoms with Crippen LogP contribution in [0.15, 0.2) is 35.4 Å². The molecule has 1 aromatic carbocycles. The largest absolute Gasteiger partial charge is 0.252 e. The summed E-state index contributed by atoms with van der Waals surface area (Å²) in [4.78, 5) is 4.27. The van der Waals surface area contributed by atoms with E-state index < -0.39 is 10.8 Å². The predicted octanol–water partition coefficient (Wildman–Crippen LogP) is 3.53. The first kappa shape index (κ1) is 14.7. The Hall–Kier alpha value is -1.70. The fraction of sp³-hybridized carbons (Fsp3) is 0.200. The van der Waals surface area contributed by atoms with Crippen LogP contribution in [-0.2, 0) is 16.6 Å². The zero-order chi connectivity index (χ0) is 14.7. The van der Waals surface area contributed by atoms with Gasteiger partial charge in [-0.2, -0.15) is 5.26 Å². The van der Waals surface area contributed by atoms with Crippen LogP contribution in [-0.4, -0.2) is 9.19 Å². The number of nitriles is 1. The first-order valence-electron chi connectivity index (χ1n) is 6.02. The number of aromatic nitrogens is 1. The van der Waals surface area contributed by atoms with Gasteiger partial charge < -0.3 is 0 Å². The zero-order valence-electron chi connectivity index (χ0n) is 11.2. The van der Waals surface area contributed by atoms with Gasteiger partial charge in [-0.05, 0) is 43.2 Å². The van der Waals surface area contributed by atoms with Crippen LogP contribution >= 0.6 is 11.6 Å². The number of hydrogen-bond acceptors (Lipinski definition) is 3. The van der Waals surface area contributed by atoms with E-state index in [1.807, 2.05) is 32.0 Å². The van der Waals surface area contributed by atoms with Crippen molar-refractivity contribution in [1.29, 1.82) is 5.26 Å². The molecule has 0 spiro atoms. The van der Waals surface area contributed by atoms with E-state index in [9.17, 15) is 9.47 Å². The van der Waals surface area contributed by atoms with Crippen LogP contribution in [0.2, 0.25) is 5.02 Å². The predicted molar refractivity (Wildman–Crippen MR) is 80.0 cm³/mol. The van der Waals surface area contributed by atoms with Gasteiger partial charge in [0.05, 0.1) is 22.1 Å². The highest BCUT2D eigenvalue weighted by Gasteiger charge is 2.15.